The molecule has 0 saturated heterocycles. The Morgan fingerprint density at radius 1 is 1.35 bits per heavy atom. The molecule has 1 aromatic carbocycles. The summed E-state index contributed by atoms with van der Waals surface area (Å²) in [6.45, 7) is 7.25. The Bertz CT molecular complexity index is 461. The van der Waals surface area contributed by atoms with Gasteiger partial charge < -0.3 is 4.74 Å². The molecule has 0 atom stereocenters. The number of nitrogens with one attached hydrogen (secondary N) is 1. The number of amides is 1. The minimum atomic E-state index is -0.495. The van der Waals surface area contributed by atoms with Crippen molar-refractivity contribution in [3.8, 4) is 11.8 Å². The van der Waals surface area contributed by atoms with Crippen LogP contribution < -0.4 is 5.32 Å². The van der Waals surface area contributed by atoms with Crippen LogP contribution in [0.4, 0.5) is 10.5 Å². The quantitative estimate of drug-likeness (QED) is 0.752. The third-order valence-electron chi connectivity index (χ3n) is 1.78. The molecule has 0 aliphatic rings. The van der Waals surface area contributed by atoms with Crippen LogP contribution in [-0.2, 0) is 4.74 Å². The fraction of sp³-hybridized carbons (Fsp3) is 0.357. The molecule has 0 aliphatic heterocycles. The highest BCUT2D eigenvalue weighted by molar-refractivity contribution is 5.85. The molecule has 0 aromatic heterocycles. The minimum absolute atomic E-state index is 0.459. The van der Waals surface area contributed by atoms with Crippen molar-refractivity contribution >= 4 is 11.8 Å². The SMILES string of the molecule is CC#Cc1cccc(NC(=O)OC(C)(C)C)c1. The van der Waals surface area contributed by atoms with Crippen LogP contribution in [0.5, 0.6) is 0 Å². The Hall–Kier alpha value is -1.95. The second kappa shape index (κ2) is 5.40. The van der Waals surface area contributed by atoms with Gasteiger partial charge >= 0.3 is 6.09 Å². The zero-order valence-corrected chi connectivity index (χ0v) is 10.6. The smallest absolute Gasteiger partial charge is 0.412 e. The topological polar surface area (TPSA) is 38.3 Å². The van der Waals surface area contributed by atoms with Gasteiger partial charge in [0, 0.05) is 11.3 Å². The molecule has 3 nitrogen and oxygen atoms in total. The molecule has 0 fully saturated rings. The molecule has 0 unspecified atom stereocenters. The largest absolute Gasteiger partial charge is 0.444 e. The van der Waals surface area contributed by atoms with Gasteiger partial charge in [0.1, 0.15) is 5.60 Å². The lowest BCUT2D eigenvalue weighted by atomic mass is 10.2. The van der Waals surface area contributed by atoms with Gasteiger partial charge in [0.25, 0.3) is 0 Å². The van der Waals surface area contributed by atoms with Gasteiger partial charge in [-0.2, -0.15) is 0 Å². The first-order valence-electron chi connectivity index (χ1n) is 5.43. The van der Waals surface area contributed by atoms with Gasteiger partial charge in [0.15, 0.2) is 0 Å². The lowest BCUT2D eigenvalue weighted by Crippen LogP contribution is -2.27. The van der Waals surface area contributed by atoms with Gasteiger partial charge in [-0.15, -0.1) is 5.92 Å². The summed E-state index contributed by atoms with van der Waals surface area (Å²) in [6, 6.07) is 7.33. The van der Waals surface area contributed by atoms with Crippen LogP contribution in [0.3, 0.4) is 0 Å². The first-order valence-corrected chi connectivity index (χ1v) is 5.43. The molecule has 0 radical (unpaired) electrons. The third kappa shape index (κ3) is 5.07. The van der Waals surface area contributed by atoms with Gasteiger partial charge in [-0.3, -0.25) is 5.32 Å². The van der Waals surface area contributed by atoms with Crippen LogP contribution in [0.2, 0.25) is 0 Å². The molecule has 1 N–H and O–H groups in total. The summed E-state index contributed by atoms with van der Waals surface area (Å²) in [6.07, 6.45) is -0.459. The van der Waals surface area contributed by atoms with Crippen molar-refractivity contribution in [2.75, 3.05) is 5.32 Å². The average molecular weight is 231 g/mol. The molecule has 1 rings (SSSR count). The number of hydrogen-bond acceptors (Lipinski definition) is 2. The molecular weight excluding hydrogens is 214 g/mol. The maximum atomic E-state index is 11.5. The second-order valence-corrected chi connectivity index (χ2v) is 4.58. The first kappa shape index (κ1) is 13.1. The van der Waals surface area contributed by atoms with E-state index in [2.05, 4.69) is 17.2 Å². The summed E-state index contributed by atoms with van der Waals surface area (Å²) in [5.74, 6) is 5.74. The second-order valence-electron chi connectivity index (χ2n) is 4.58. The number of anilines is 1. The Kier molecular flexibility index (Phi) is 4.17. The van der Waals surface area contributed by atoms with Crippen LogP contribution in [0.25, 0.3) is 0 Å². The Balaban J connectivity index is 2.71. The molecule has 0 aliphatic carbocycles. The summed E-state index contributed by atoms with van der Waals surface area (Å²) >= 11 is 0. The van der Waals surface area contributed by atoms with Crippen molar-refractivity contribution < 1.29 is 9.53 Å². The highest BCUT2D eigenvalue weighted by atomic mass is 16.6. The summed E-state index contributed by atoms with van der Waals surface area (Å²) in [4.78, 5) is 11.5. The lowest BCUT2D eigenvalue weighted by molar-refractivity contribution is 0.0636. The predicted molar refractivity (Wildman–Crippen MR) is 68.9 cm³/mol. The number of carbonyl (C=O) groups excluding carboxylic acids is 1. The van der Waals surface area contributed by atoms with Gasteiger partial charge in [-0.1, -0.05) is 12.0 Å². The molecule has 0 saturated carbocycles. The van der Waals surface area contributed by atoms with E-state index in [-0.39, 0.29) is 0 Å². The van der Waals surface area contributed by atoms with Crippen molar-refractivity contribution in [1.82, 2.24) is 0 Å². The molecule has 3 heteroatoms. The molecule has 0 spiro atoms. The molecule has 90 valence electrons. The molecule has 1 aromatic rings. The summed E-state index contributed by atoms with van der Waals surface area (Å²) in [7, 11) is 0. The fourth-order valence-electron chi connectivity index (χ4n) is 1.24. The fourth-order valence-corrected chi connectivity index (χ4v) is 1.24. The van der Waals surface area contributed by atoms with Crippen LogP contribution >= 0.6 is 0 Å². The van der Waals surface area contributed by atoms with E-state index in [9.17, 15) is 4.79 Å². The monoisotopic (exact) mass is 231 g/mol. The van der Waals surface area contributed by atoms with Crippen LogP contribution in [-0.4, -0.2) is 11.7 Å². The lowest BCUT2D eigenvalue weighted by Gasteiger charge is -2.19. The number of carbonyl (C=O) groups is 1. The van der Waals surface area contributed by atoms with E-state index in [0.717, 1.165) is 5.56 Å². The normalized spacial score (nSPS) is 10.1. The van der Waals surface area contributed by atoms with E-state index in [0.29, 0.717) is 5.69 Å². The van der Waals surface area contributed by atoms with Crippen LogP contribution in [0.15, 0.2) is 24.3 Å². The number of ether oxygens (including phenoxy) is 1. The summed E-state index contributed by atoms with van der Waals surface area (Å²) < 4.78 is 5.16. The highest BCUT2D eigenvalue weighted by Crippen LogP contribution is 2.13. The molecule has 1 amide bonds. The predicted octanol–water partition coefficient (Wildman–Crippen LogP) is 3.41. The van der Waals surface area contributed by atoms with Crippen molar-refractivity contribution in [3.63, 3.8) is 0 Å². The Morgan fingerprint density at radius 2 is 2.06 bits per heavy atom. The Labute approximate surface area is 102 Å². The van der Waals surface area contributed by atoms with E-state index in [4.69, 9.17) is 4.74 Å². The number of benzene rings is 1. The zero-order chi connectivity index (χ0) is 12.9. The maximum Gasteiger partial charge on any atom is 0.412 e. The average Bonchev–Trinajstić information content (AvgIpc) is 2.15. The van der Waals surface area contributed by atoms with Crippen molar-refractivity contribution in [2.24, 2.45) is 0 Å². The number of rotatable bonds is 1. The van der Waals surface area contributed by atoms with Gasteiger partial charge in [-0.25, -0.2) is 4.79 Å². The third-order valence-corrected chi connectivity index (χ3v) is 1.78. The van der Waals surface area contributed by atoms with Crippen molar-refractivity contribution in [3.05, 3.63) is 29.8 Å². The van der Waals surface area contributed by atoms with E-state index >= 15 is 0 Å². The van der Waals surface area contributed by atoms with Crippen molar-refractivity contribution in [2.45, 2.75) is 33.3 Å². The summed E-state index contributed by atoms with van der Waals surface area (Å²) in [5, 5.41) is 2.67. The standard InChI is InChI=1S/C14H17NO2/c1-5-7-11-8-6-9-12(10-11)15-13(16)17-14(2,3)4/h6,8-10H,1-4H3,(H,15,16). The van der Waals surface area contributed by atoms with E-state index in [1.54, 1.807) is 19.1 Å². The minimum Gasteiger partial charge on any atom is -0.444 e. The Morgan fingerprint density at radius 3 is 2.65 bits per heavy atom. The van der Waals surface area contributed by atoms with Gasteiger partial charge in [0.2, 0.25) is 0 Å². The molecule has 0 heterocycles. The molecule has 0 bridgehead atoms. The zero-order valence-electron chi connectivity index (χ0n) is 10.6. The van der Waals surface area contributed by atoms with E-state index in [1.165, 1.54) is 0 Å². The molecular formula is C14H17NO2. The first-order chi connectivity index (χ1) is 7.90. The van der Waals surface area contributed by atoms with Crippen molar-refractivity contribution in [1.29, 1.82) is 0 Å². The molecule has 17 heavy (non-hydrogen) atoms. The maximum absolute atomic E-state index is 11.5. The highest BCUT2D eigenvalue weighted by Gasteiger charge is 2.15. The van der Waals surface area contributed by atoms with Crippen LogP contribution in [0, 0.1) is 11.8 Å². The summed E-state index contributed by atoms with van der Waals surface area (Å²) in [5.41, 5.74) is 1.05. The van der Waals surface area contributed by atoms with E-state index < -0.39 is 11.7 Å². The van der Waals surface area contributed by atoms with Crippen LogP contribution in [0.1, 0.15) is 33.3 Å². The van der Waals surface area contributed by atoms with E-state index in [1.807, 2.05) is 32.9 Å². The number of hydrogen-bond donors (Lipinski definition) is 1. The van der Waals surface area contributed by atoms with Gasteiger partial charge in [0.05, 0.1) is 0 Å². The van der Waals surface area contributed by atoms with Gasteiger partial charge in [-0.05, 0) is 45.9 Å².